The van der Waals surface area contributed by atoms with Crippen molar-refractivity contribution in [3.63, 3.8) is 0 Å². The van der Waals surface area contributed by atoms with Crippen molar-refractivity contribution >= 4 is 11.4 Å². The Hall–Kier alpha value is -1.82. The van der Waals surface area contributed by atoms with E-state index in [-0.39, 0.29) is 20.4 Å². The average molecular weight is 860 g/mol. The fourth-order valence-corrected chi connectivity index (χ4v) is 7.38. The van der Waals surface area contributed by atoms with E-state index >= 15 is 0 Å². The first kappa shape index (κ1) is 54.2. The van der Waals surface area contributed by atoms with E-state index < -0.39 is 0 Å². The number of hydrogen-bond acceptors (Lipinski definition) is 0. The molecule has 0 amide bonds. The van der Waals surface area contributed by atoms with Crippen LogP contribution in [0.2, 0.25) is 0 Å². The molecule has 1 aliphatic rings. The third kappa shape index (κ3) is 22.9. The Morgan fingerprint density at radius 2 is 0.661 bits per heavy atom. The fourth-order valence-electron chi connectivity index (χ4n) is 7.38. The van der Waals surface area contributed by atoms with Crippen LogP contribution in [0.1, 0.15) is 237 Å². The minimum atomic E-state index is 0. The third-order valence-corrected chi connectivity index (χ3v) is 11.0. The van der Waals surface area contributed by atoms with E-state index in [1.807, 2.05) is 0 Å². The molecule has 56 heavy (non-hydrogen) atoms. The zero-order chi connectivity index (χ0) is 40.4. The van der Waals surface area contributed by atoms with E-state index in [1.165, 1.54) is 149 Å². The second kappa shape index (κ2) is 37.5. The molecule has 0 aliphatic carbocycles. The molecule has 0 unspecified atom stereocenters. The van der Waals surface area contributed by atoms with Gasteiger partial charge in [-0.25, -0.2) is 4.70 Å². The molecule has 2 nitrogen and oxygen atoms in total. The molecular formula is C53H88N2Pd. The Balaban J connectivity index is 0.00000118. The molecule has 3 heteroatoms. The van der Waals surface area contributed by atoms with Crippen molar-refractivity contribution in [1.82, 2.24) is 0 Å². The van der Waals surface area contributed by atoms with Crippen molar-refractivity contribution in [2.24, 2.45) is 0 Å². The molecule has 2 aromatic rings. The summed E-state index contributed by atoms with van der Waals surface area (Å²) in [5, 5.41) is 0. The van der Waals surface area contributed by atoms with Gasteiger partial charge in [0.2, 0.25) is 11.4 Å². The van der Waals surface area contributed by atoms with Crippen LogP contribution in [0.5, 0.6) is 0 Å². The summed E-state index contributed by atoms with van der Waals surface area (Å²) >= 11 is 0. The molecule has 320 valence electrons. The van der Waals surface area contributed by atoms with Crippen molar-refractivity contribution in [2.45, 2.75) is 228 Å². The predicted molar refractivity (Wildman–Crippen MR) is 247 cm³/mol. The van der Waals surface area contributed by atoms with Crippen molar-refractivity contribution < 1.29 is 25.1 Å². The maximum Gasteiger partial charge on any atom is 2.00 e. The zero-order valence-corrected chi connectivity index (χ0v) is 39.3. The SMILES string of the molecule is CCCCCc1ccc(C2=C(CCCC)C(CCCC)=C(c3ccc(CCCC)cc3)[N+]2=[N-])cc1.[CH2-]CCCCCCCCC.[CH2-]CCCCCCCCC.[Pd+2]. The summed E-state index contributed by atoms with van der Waals surface area (Å²) in [4.78, 5) is 0. The number of nitrogens with zero attached hydrogens (tertiary/aromatic N) is 2. The fraction of sp³-hybridized carbons (Fsp3) is 0.660. The minimum Gasteiger partial charge on any atom is -0.493 e. The van der Waals surface area contributed by atoms with Crippen LogP contribution in [0.3, 0.4) is 0 Å². The van der Waals surface area contributed by atoms with Crippen LogP contribution in [0, 0.1) is 13.8 Å². The van der Waals surface area contributed by atoms with Gasteiger partial charge in [-0.15, -0.1) is 0 Å². The minimum absolute atomic E-state index is 0. The van der Waals surface area contributed by atoms with Crippen LogP contribution in [0.25, 0.3) is 16.9 Å². The van der Waals surface area contributed by atoms with Gasteiger partial charge in [0.05, 0.1) is 0 Å². The zero-order valence-electron chi connectivity index (χ0n) is 37.7. The summed E-state index contributed by atoms with van der Waals surface area (Å²) < 4.78 is 1.52. The molecule has 0 aromatic heterocycles. The van der Waals surface area contributed by atoms with Crippen molar-refractivity contribution in [3.8, 4) is 0 Å². The molecule has 0 saturated heterocycles. The molecule has 2 aromatic carbocycles. The van der Waals surface area contributed by atoms with Gasteiger partial charge in [-0.05, 0) is 86.8 Å². The molecular weight excluding hydrogens is 771 g/mol. The van der Waals surface area contributed by atoms with E-state index in [0.717, 1.165) is 86.7 Å². The maximum absolute atomic E-state index is 11.7. The first-order valence-corrected chi connectivity index (χ1v) is 23.7. The molecule has 0 fully saturated rings. The number of aryl methyl sites for hydroxylation is 2. The van der Waals surface area contributed by atoms with Gasteiger partial charge in [0.25, 0.3) is 0 Å². The Bertz CT molecular complexity index is 1240. The summed E-state index contributed by atoms with van der Waals surface area (Å²) in [7, 11) is 0. The van der Waals surface area contributed by atoms with Crippen molar-refractivity contribution in [3.05, 3.63) is 101 Å². The molecule has 0 saturated carbocycles. The van der Waals surface area contributed by atoms with Gasteiger partial charge in [0, 0.05) is 22.3 Å². The first-order valence-electron chi connectivity index (χ1n) is 23.7. The number of benzene rings is 2. The largest absolute Gasteiger partial charge is 2.00 e. The van der Waals surface area contributed by atoms with E-state index in [1.54, 1.807) is 0 Å². The number of unbranched alkanes of at least 4 members (excludes halogenated alkanes) is 19. The smallest absolute Gasteiger partial charge is 0.493 e. The molecule has 1 heterocycles. The van der Waals surface area contributed by atoms with E-state index in [0.29, 0.717) is 0 Å². The number of rotatable bonds is 29. The second-order valence-electron chi connectivity index (χ2n) is 16.1. The van der Waals surface area contributed by atoms with Crippen LogP contribution in [0.15, 0.2) is 59.7 Å². The molecule has 0 atom stereocenters. The number of allylic oxidation sites excluding steroid dienone is 2. The van der Waals surface area contributed by atoms with Gasteiger partial charge in [-0.2, -0.15) is 12.8 Å². The van der Waals surface area contributed by atoms with Gasteiger partial charge in [0.15, 0.2) is 0 Å². The van der Waals surface area contributed by atoms with Crippen molar-refractivity contribution in [2.75, 3.05) is 0 Å². The Labute approximate surface area is 363 Å². The summed E-state index contributed by atoms with van der Waals surface area (Å²) in [6.45, 7) is 21.2. The van der Waals surface area contributed by atoms with Gasteiger partial charge in [0.1, 0.15) is 0 Å². The van der Waals surface area contributed by atoms with Gasteiger partial charge < -0.3 is 19.4 Å². The third-order valence-electron chi connectivity index (χ3n) is 11.0. The molecule has 0 radical (unpaired) electrons. The summed E-state index contributed by atoms with van der Waals surface area (Å²) in [5.74, 6) is 0. The number of hydrogen-bond donors (Lipinski definition) is 0. The molecule has 0 spiro atoms. The molecule has 1 aliphatic heterocycles. The van der Waals surface area contributed by atoms with Crippen LogP contribution in [-0.2, 0) is 33.3 Å². The van der Waals surface area contributed by atoms with Crippen LogP contribution in [-0.4, -0.2) is 4.70 Å². The topological polar surface area (TPSA) is 25.3 Å². The Morgan fingerprint density at radius 3 is 1.00 bits per heavy atom. The Morgan fingerprint density at radius 1 is 0.375 bits per heavy atom. The van der Waals surface area contributed by atoms with E-state index in [9.17, 15) is 5.53 Å². The van der Waals surface area contributed by atoms with Crippen LogP contribution >= 0.6 is 0 Å². The van der Waals surface area contributed by atoms with Gasteiger partial charge >= 0.3 is 20.4 Å². The molecule has 3 rings (SSSR count). The van der Waals surface area contributed by atoms with Crippen molar-refractivity contribution in [1.29, 1.82) is 0 Å². The Kier molecular flexibility index (Phi) is 36.2. The van der Waals surface area contributed by atoms with E-state index in [2.05, 4.69) is 104 Å². The monoisotopic (exact) mass is 859 g/mol. The van der Waals surface area contributed by atoms with Gasteiger partial charge in [-0.3, -0.25) is 0 Å². The first-order chi connectivity index (χ1) is 27.0. The normalized spacial score (nSPS) is 12.3. The summed E-state index contributed by atoms with van der Waals surface area (Å²) in [6, 6.07) is 17.9. The molecule has 0 bridgehead atoms. The van der Waals surface area contributed by atoms with Crippen LogP contribution in [0.4, 0.5) is 0 Å². The van der Waals surface area contributed by atoms with Gasteiger partial charge in [-0.1, -0.05) is 188 Å². The second-order valence-corrected chi connectivity index (χ2v) is 16.1. The average Bonchev–Trinajstić information content (AvgIpc) is 3.49. The predicted octanol–water partition coefficient (Wildman–Crippen LogP) is 18.2. The quantitative estimate of drug-likeness (QED) is 0.0337. The maximum atomic E-state index is 11.7. The molecule has 0 N–H and O–H groups in total. The standard InChI is InChI=1S/C33H46N2.2C10H21.Pd/c1-5-9-13-15-27-20-24-29(25-21-27)33-31(17-12-8-4)30(16-11-7-3)32(35(33)34)28-22-18-26(19-23-28)14-10-6-2;2*1-3-5-7-9-10-8-6-4-2;/h18-25H,5-17H2,1-4H3;2*1,3-10H2,2H3;/q;2*-1;+2. The van der Waals surface area contributed by atoms with E-state index in [4.69, 9.17) is 0 Å². The summed E-state index contributed by atoms with van der Waals surface area (Å²) in [5.41, 5.74) is 21.4. The summed E-state index contributed by atoms with van der Waals surface area (Å²) in [6.07, 6.45) is 36.9. The van der Waals surface area contributed by atoms with Crippen LogP contribution < -0.4 is 0 Å².